The number of hydrogen-bond acceptors (Lipinski definition) is 12. The monoisotopic (exact) mass is 837 g/mol. The van der Waals surface area contributed by atoms with E-state index in [1.165, 1.54) is 5.56 Å². The van der Waals surface area contributed by atoms with Gasteiger partial charge in [-0.3, -0.25) is 48.1 Å². The molecule has 4 N–H and O–H groups in total. The van der Waals surface area contributed by atoms with Crippen molar-refractivity contribution in [2.45, 2.75) is 69.0 Å². The number of fused-ring (bicyclic) bond motifs is 2. The molecule has 3 aromatic heterocycles. The van der Waals surface area contributed by atoms with E-state index in [1.807, 2.05) is 42.6 Å². The van der Waals surface area contributed by atoms with E-state index in [1.54, 1.807) is 33.5 Å². The van der Waals surface area contributed by atoms with E-state index in [4.69, 9.17) is 10.7 Å². The zero-order valence-electron chi connectivity index (χ0n) is 34.3. The number of nitrogens with one attached hydrogen (secondary N) is 2. The number of primary amides is 1. The van der Waals surface area contributed by atoms with Crippen LogP contribution in [0.15, 0.2) is 84.0 Å². The van der Waals surface area contributed by atoms with Gasteiger partial charge in [-0.05, 0) is 98.6 Å². The Morgan fingerprint density at radius 2 is 1.63 bits per heavy atom. The van der Waals surface area contributed by atoms with Crippen molar-refractivity contribution >= 4 is 58.1 Å². The number of nitrogens with zero attached hydrogens (tertiary/aromatic N) is 8. The number of piperidine rings is 3. The Kier molecular flexibility index (Phi) is 9.65. The van der Waals surface area contributed by atoms with Crippen molar-refractivity contribution in [3.05, 3.63) is 112 Å². The van der Waals surface area contributed by atoms with Gasteiger partial charge < -0.3 is 20.9 Å². The number of imidazole rings is 1. The molecule has 0 bridgehead atoms. The van der Waals surface area contributed by atoms with Crippen LogP contribution in [0, 0.1) is 0 Å². The number of benzene rings is 2. The number of imide groups is 2. The summed E-state index contributed by atoms with van der Waals surface area (Å²) in [6.07, 6.45) is 9.13. The number of hydrogen-bond donors (Lipinski definition) is 3. The van der Waals surface area contributed by atoms with E-state index in [-0.39, 0.29) is 47.1 Å². The minimum Gasteiger partial charge on any atom is -0.368 e. The summed E-state index contributed by atoms with van der Waals surface area (Å²) in [5.41, 5.74) is 9.95. The first-order valence-corrected chi connectivity index (χ1v) is 21.3. The number of likely N-dealkylation sites (tertiary alicyclic amines) is 1. The molecule has 4 saturated heterocycles. The molecule has 0 saturated carbocycles. The number of carbonyl (C=O) groups excluding carboxylic acids is 5. The number of aromatic nitrogens is 4. The quantitative estimate of drug-likeness (QED) is 0.184. The Hall–Kier alpha value is -6.88. The first-order valence-electron chi connectivity index (χ1n) is 21.3. The molecule has 2 atom stereocenters. The first-order chi connectivity index (χ1) is 29.9. The van der Waals surface area contributed by atoms with Gasteiger partial charge in [0.05, 0.1) is 28.9 Å². The van der Waals surface area contributed by atoms with Crippen LogP contribution in [0.25, 0.3) is 5.52 Å². The molecule has 0 spiro atoms. The molecule has 62 heavy (non-hydrogen) atoms. The van der Waals surface area contributed by atoms with Crippen LogP contribution in [0.3, 0.4) is 0 Å². The van der Waals surface area contributed by atoms with Gasteiger partial charge in [0.2, 0.25) is 11.8 Å². The molecule has 0 aliphatic carbocycles. The Bertz CT molecular complexity index is 2710. The second-order valence-electron chi connectivity index (χ2n) is 17.4. The molecule has 5 amide bonds. The molecule has 2 unspecified atom stereocenters. The third kappa shape index (κ3) is 6.85. The predicted molar refractivity (Wildman–Crippen MR) is 230 cm³/mol. The average molecular weight is 838 g/mol. The van der Waals surface area contributed by atoms with Crippen LogP contribution < -0.4 is 31.9 Å². The van der Waals surface area contributed by atoms with Gasteiger partial charge in [-0.2, -0.15) is 0 Å². The lowest BCUT2D eigenvalue weighted by Crippen LogP contribution is -2.61. The fourth-order valence-corrected chi connectivity index (χ4v) is 9.83. The third-order valence-corrected chi connectivity index (χ3v) is 13.6. The minimum absolute atomic E-state index is 0.0311. The largest absolute Gasteiger partial charge is 0.368 e. The molecule has 17 heteroatoms. The van der Waals surface area contributed by atoms with Gasteiger partial charge >= 0.3 is 5.69 Å². The van der Waals surface area contributed by atoms with Crippen LogP contribution in [0.2, 0.25) is 0 Å². The van der Waals surface area contributed by atoms with Crippen molar-refractivity contribution in [1.29, 1.82) is 0 Å². The van der Waals surface area contributed by atoms with Gasteiger partial charge in [0.25, 0.3) is 17.7 Å². The van der Waals surface area contributed by atoms with E-state index in [9.17, 15) is 28.8 Å². The van der Waals surface area contributed by atoms with E-state index in [0.717, 1.165) is 80.2 Å². The molecule has 5 aromatic rings. The maximum absolute atomic E-state index is 13.4. The Morgan fingerprint density at radius 1 is 0.871 bits per heavy atom. The second-order valence-corrected chi connectivity index (χ2v) is 17.4. The number of carbonyl (C=O) groups is 5. The maximum Gasteiger partial charge on any atom is 0.333 e. The van der Waals surface area contributed by atoms with Crippen LogP contribution in [0.1, 0.15) is 88.3 Å². The predicted octanol–water partition coefficient (Wildman–Crippen LogP) is 3.22. The van der Waals surface area contributed by atoms with Crippen molar-refractivity contribution in [3.63, 3.8) is 0 Å². The fraction of sp³-hybridized carbons (Fsp3) is 0.378. The minimum atomic E-state index is -0.987. The van der Waals surface area contributed by atoms with E-state index < -0.39 is 35.6 Å². The molecule has 10 rings (SSSR count). The highest BCUT2D eigenvalue weighted by Crippen LogP contribution is 2.39. The Morgan fingerprint density at radius 3 is 2.37 bits per heavy atom. The second kappa shape index (κ2) is 15.2. The van der Waals surface area contributed by atoms with Crippen molar-refractivity contribution in [1.82, 2.24) is 34.1 Å². The van der Waals surface area contributed by atoms with Crippen LogP contribution in [0.5, 0.6) is 0 Å². The zero-order chi connectivity index (χ0) is 42.9. The summed E-state index contributed by atoms with van der Waals surface area (Å²) in [7, 11) is 0. The topological polar surface area (TPSA) is 201 Å². The van der Waals surface area contributed by atoms with Crippen LogP contribution >= 0.6 is 0 Å². The van der Waals surface area contributed by atoms with Crippen molar-refractivity contribution < 1.29 is 24.0 Å². The molecule has 5 aliphatic heterocycles. The van der Waals surface area contributed by atoms with Crippen molar-refractivity contribution in [2.75, 3.05) is 54.4 Å². The molecule has 4 fully saturated rings. The summed E-state index contributed by atoms with van der Waals surface area (Å²) in [4.78, 5) is 93.4. The van der Waals surface area contributed by atoms with Crippen molar-refractivity contribution in [2.24, 2.45) is 5.73 Å². The summed E-state index contributed by atoms with van der Waals surface area (Å²) in [6, 6.07) is 18.5. The third-order valence-electron chi connectivity index (χ3n) is 13.6. The van der Waals surface area contributed by atoms with Crippen molar-refractivity contribution in [3.8, 4) is 0 Å². The van der Waals surface area contributed by atoms with Gasteiger partial charge in [0.15, 0.2) is 11.5 Å². The smallest absolute Gasteiger partial charge is 0.333 e. The zero-order valence-corrected chi connectivity index (χ0v) is 34.3. The summed E-state index contributed by atoms with van der Waals surface area (Å²) in [6.45, 7) is 7.08. The highest BCUT2D eigenvalue weighted by atomic mass is 16.2. The van der Waals surface area contributed by atoms with Gasteiger partial charge in [-0.15, -0.1) is 0 Å². The molecule has 2 aromatic carbocycles. The Labute approximate surface area is 356 Å². The molecular formula is C45H47N11O6. The highest BCUT2D eigenvalue weighted by molar-refractivity contribution is 6.23. The van der Waals surface area contributed by atoms with E-state index in [0.29, 0.717) is 24.0 Å². The normalized spacial score (nSPS) is 21.9. The van der Waals surface area contributed by atoms with Gasteiger partial charge in [0, 0.05) is 62.4 Å². The molecule has 8 heterocycles. The average Bonchev–Trinajstić information content (AvgIpc) is 3.72. The van der Waals surface area contributed by atoms with E-state index >= 15 is 0 Å². The van der Waals surface area contributed by atoms with Gasteiger partial charge in [0.1, 0.15) is 11.9 Å². The van der Waals surface area contributed by atoms with Crippen LogP contribution in [-0.4, -0.2) is 110 Å². The molecular weight excluding hydrogens is 791 g/mol. The van der Waals surface area contributed by atoms with Gasteiger partial charge in [-0.1, -0.05) is 25.1 Å². The van der Waals surface area contributed by atoms with Crippen LogP contribution in [0.4, 0.5) is 23.0 Å². The number of nitrogens with two attached hydrogens (primary N) is 1. The number of anilines is 4. The fourth-order valence-electron chi connectivity index (χ4n) is 9.83. The standard InChI is InChI=1S/C45H47N11O6/c1-45(15-19-51(20-16-45)32-24-53(25-32)29-11-12-33-34(21-29)43(61)56(42(33)60)35-13-14-37(57)50-41(35)59)27-7-9-28(10-8-27)48-40-38(39(46)58)47-22-36(49-40)52-17-4-6-30(23-52)55-26-31-5-2-3-18-54(31)44(55)62/h2-3,5,7-12,18,21-22,26,30,32,35H,4,6,13-17,19-20,23-25H2,1H3,(H2,46,58)(H,48,49)(H,50,57,59). The lowest BCUT2D eigenvalue weighted by Gasteiger charge is -2.50. The SMILES string of the molecule is CC1(c2ccc(Nc3nc(N4CCCC(n5cc6ccccn6c5=O)C4)cnc3C(N)=O)cc2)CCN(C2CN(c3ccc4c(c3)C(=O)N(C3CCC(=O)NC3=O)C4=O)C2)CC1. The summed E-state index contributed by atoms with van der Waals surface area (Å²) in [5.74, 6) is -1.83. The molecule has 17 nitrogen and oxygen atoms in total. The first kappa shape index (κ1) is 39.3. The van der Waals surface area contributed by atoms with Gasteiger partial charge in [-0.25, -0.2) is 14.8 Å². The lowest BCUT2D eigenvalue weighted by atomic mass is 9.74. The number of amides is 5. The summed E-state index contributed by atoms with van der Waals surface area (Å²) >= 11 is 0. The Balaban J connectivity index is 0.755. The highest BCUT2D eigenvalue weighted by Gasteiger charge is 2.45. The summed E-state index contributed by atoms with van der Waals surface area (Å²) in [5, 5.41) is 5.54. The van der Waals surface area contributed by atoms with E-state index in [2.05, 4.69) is 49.4 Å². The maximum atomic E-state index is 13.4. The number of pyridine rings is 1. The molecule has 318 valence electrons. The van der Waals surface area contributed by atoms with Crippen LogP contribution in [-0.2, 0) is 15.0 Å². The molecule has 0 radical (unpaired) electrons. The summed E-state index contributed by atoms with van der Waals surface area (Å²) < 4.78 is 3.45. The lowest BCUT2D eigenvalue weighted by molar-refractivity contribution is -0.136. The number of rotatable bonds is 9. The molecule has 5 aliphatic rings.